The molecule has 0 saturated carbocycles. The predicted molar refractivity (Wildman–Crippen MR) is 114 cm³/mol. The minimum Gasteiger partial charge on any atom is -0.476 e. The Labute approximate surface area is 175 Å². The van der Waals surface area contributed by atoms with E-state index in [9.17, 15) is 0 Å². The van der Waals surface area contributed by atoms with E-state index in [0.717, 1.165) is 65.9 Å². The number of aliphatic imine (C=N–C) groups is 1. The molecule has 9 nitrogen and oxygen atoms in total. The van der Waals surface area contributed by atoms with E-state index in [2.05, 4.69) is 25.7 Å². The molecule has 0 radical (unpaired) electrons. The summed E-state index contributed by atoms with van der Waals surface area (Å²) in [6, 6.07) is 1.93. The summed E-state index contributed by atoms with van der Waals surface area (Å²) >= 11 is 3.11. The molecular formula is C18H21N7O2S2. The Balaban J connectivity index is 1.28. The Morgan fingerprint density at radius 1 is 1.28 bits per heavy atom. The molecular weight excluding hydrogens is 410 g/mol. The molecule has 2 aliphatic heterocycles. The fourth-order valence-electron chi connectivity index (χ4n) is 2.97. The van der Waals surface area contributed by atoms with Gasteiger partial charge in [-0.15, -0.1) is 27.8 Å². The predicted octanol–water partition coefficient (Wildman–Crippen LogP) is 2.45. The summed E-state index contributed by atoms with van der Waals surface area (Å²) in [5, 5.41) is 16.6. The molecule has 0 atom stereocenters. The van der Waals surface area contributed by atoms with Crippen molar-refractivity contribution >= 4 is 33.8 Å². The molecule has 29 heavy (non-hydrogen) atoms. The summed E-state index contributed by atoms with van der Waals surface area (Å²) in [6.07, 6.45) is 1.06. The van der Waals surface area contributed by atoms with E-state index in [1.807, 2.05) is 23.9 Å². The van der Waals surface area contributed by atoms with Gasteiger partial charge in [-0.2, -0.15) is 0 Å². The van der Waals surface area contributed by atoms with Crippen molar-refractivity contribution in [3.63, 3.8) is 0 Å². The molecule has 2 aliphatic rings. The Morgan fingerprint density at radius 3 is 2.93 bits per heavy atom. The second kappa shape index (κ2) is 8.09. The summed E-state index contributed by atoms with van der Waals surface area (Å²) in [5.74, 6) is 1.87. The molecule has 1 fully saturated rings. The van der Waals surface area contributed by atoms with E-state index >= 15 is 0 Å². The van der Waals surface area contributed by atoms with Crippen LogP contribution in [0.5, 0.6) is 5.88 Å². The van der Waals surface area contributed by atoms with Gasteiger partial charge in [-0.3, -0.25) is 9.67 Å². The van der Waals surface area contributed by atoms with Crippen molar-refractivity contribution in [2.45, 2.75) is 6.42 Å². The number of guanidine groups is 1. The summed E-state index contributed by atoms with van der Waals surface area (Å²) < 4.78 is 12.8. The maximum Gasteiger partial charge on any atom is 0.233 e. The van der Waals surface area contributed by atoms with Crippen LogP contribution >= 0.6 is 22.7 Å². The number of hydrogen-bond acceptors (Lipinski definition) is 10. The number of nitrogens with zero attached hydrogens (tertiary/aromatic N) is 5. The minimum absolute atomic E-state index is 0.467. The first-order valence-corrected chi connectivity index (χ1v) is 11.2. The number of nitrogens with one attached hydrogen (secondary N) is 2. The van der Waals surface area contributed by atoms with Crippen molar-refractivity contribution < 1.29 is 9.47 Å². The van der Waals surface area contributed by atoms with Crippen LogP contribution in [-0.4, -0.2) is 58.6 Å². The zero-order valence-corrected chi connectivity index (χ0v) is 17.6. The zero-order chi connectivity index (χ0) is 19.6. The monoisotopic (exact) mass is 431 g/mol. The molecule has 5 rings (SSSR count). The second-order valence-electron chi connectivity index (χ2n) is 6.92. The van der Waals surface area contributed by atoms with Crippen LogP contribution in [0.1, 0.15) is 6.42 Å². The second-order valence-corrected chi connectivity index (χ2v) is 8.63. The molecule has 0 aromatic carbocycles. The average molecular weight is 432 g/mol. The molecule has 11 heteroatoms. The van der Waals surface area contributed by atoms with E-state index in [0.29, 0.717) is 18.4 Å². The van der Waals surface area contributed by atoms with Crippen LogP contribution in [0.15, 0.2) is 21.8 Å². The van der Waals surface area contributed by atoms with Crippen molar-refractivity contribution in [3.05, 3.63) is 16.8 Å². The summed E-state index contributed by atoms with van der Waals surface area (Å²) in [5.41, 5.74) is 2.62. The first-order valence-electron chi connectivity index (χ1n) is 9.46. The smallest absolute Gasteiger partial charge is 0.233 e. The molecule has 5 heterocycles. The van der Waals surface area contributed by atoms with Gasteiger partial charge >= 0.3 is 0 Å². The molecule has 3 aromatic heterocycles. The molecule has 0 bridgehead atoms. The van der Waals surface area contributed by atoms with Gasteiger partial charge in [-0.05, 0) is 6.42 Å². The Hall–Kier alpha value is -2.50. The van der Waals surface area contributed by atoms with Gasteiger partial charge in [0.15, 0.2) is 11.1 Å². The lowest BCUT2D eigenvalue weighted by Gasteiger charge is -2.25. The lowest BCUT2D eigenvalue weighted by atomic mass is 10.1. The van der Waals surface area contributed by atoms with Crippen molar-refractivity contribution in [3.8, 4) is 28.0 Å². The quantitative estimate of drug-likeness (QED) is 0.619. The SMILES string of the molecule is Cn1nc(OCC2COC2)cc1-c1nc(-c2csc(NC3=NCCCN3)n2)cs1. The highest BCUT2D eigenvalue weighted by Gasteiger charge is 2.20. The van der Waals surface area contributed by atoms with Gasteiger partial charge in [0.25, 0.3) is 0 Å². The summed E-state index contributed by atoms with van der Waals surface area (Å²) in [7, 11) is 1.90. The Bertz CT molecular complexity index is 1020. The lowest BCUT2D eigenvalue weighted by molar-refractivity contribution is -0.0514. The van der Waals surface area contributed by atoms with Crippen molar-refractivity contribution in [1.29, 1.82) is 0 Å². The van der Waals surface area contributed by atoms with Crippen LogP contribution in [0, 0.1) is 5.92 Å². The summed E-state index contributed by atoms with van der Waals surface area (Å²) in [4.78, 5) is 13.8. The molecule has 3 aromatic rings. The van der Waals surface area contributed by atoms with Gasteiger partial charge in [0, 0.05) is 42.9 Å². The Kier molecular flexibility index (Phi) is 5.17. The number of hydrogen-bond donors (Lipinski definition) is 2. The zero-order valence-electron chi connectivity index (χ0n) is 15.9. The molecule has 1 saturated heterocycles. The maximum atomic E-state index is 5.79. The van der Waals surface area contributed by atoms with Crippen molar-refractivity contribution in [2.75, 3.05) is 38.2 Å². The van der Waals surface area contributed by atoms with E-state index < -0.39 is 0 Å². The number of aromatic nitrogens is 4. The normalized spacial score (nSPS) is 16.8. The van der Waals surface area contributed by atoms with Gasteiger partial charge < -0.3 is 20.1 Å². The highest BCUT2D eigenvalue weighted by atomic mass is 32.1. The van der Waals surface area contributed by atoms with Gasteiger partial charge in [-0.25, -0.2) is 9.97 Å². The van der Waals surface area contributed by atoms with Crippen LogP contribution in [0.25, 0.3) is 22.1 Å². The van der Waals surface area contributed by atoms with Crippen LogP contribution in [0.2, 0.25) is 0 Å². The Morgan fingerprint density at radius 2 is 2.14 bits per heavy atom. The number of rotatable bonds is 6. The van der Waals surface area contributed by atoms with Crippen LogP contribution < -0.4 is 15.4 Å². The molecule has 0 aliphatic carbocycles. The first kappa shape index (κ1) is 18.5. The molecule has 2 N–H and O–H groups in total. The van der Waals surface area contributed by atoms with Gasteiger partial charge in [-0.1, -0.05) is 0 Å². The number of aryl methyl sites for hydroxylation is 1. The van der Waals surface area contributed by atoms with Gasteiger partial charge in [0.1, 0.15) is 22.1 Å². The van der Waals surface area contributed by atoms with Crippen LogP contribution in [0.4, 0.5) is 5.13 Å². The number of ether oxygens (including phenoxy) is 2. The highest BCUT2D eigenvalue weighted by Crippen LogP contribution is 2.32. The fourth-order valence-corrected chi connectivity index (χ4v) is 4.53. The lowest BCUT2D eigenvalue weighted by Crippen LogP contribution is -2.35. The first-order chi connectivity index (χ1) is 14.2. The molecule has 0 unspecified atom stereocenters. The number of thiazole rings is 2. The molecule has 152 valence electrons. The minimum atomic E-state index is 0.467. The largest absolute Gasteiger partial charge is 0.476 e. The molecule has 0 amide bonds. The topological polar surface area (TPSA) is 98.5 Å². The van der Waals surface area contributed by atoms with E-state index in [4.69, 9.17) is 14.5 Å². The van der Waals surface area contributed by atoms with Gasteiger partial charge in [0.2, 0.25) is 5.88 Å². The highest BCUT2D eigenvalue weighted by molar-refractivity contribution is 7.14. The average Bonchev–Trinajstić information content (AvgIpc) is 3.41. The third-order valence-corrected chi connectivity index (χ3v) is 6.27. The van der Waals surface area contributed by atoms with Crippen LogP contribution in [-0.2, 0) is 11.8 Å². The van der Waals surface area contributed by atoms with Gasteiger partial charge in [0.05, 0.1) is 19.8 Å². The van der Waals surface area contributed by atoms with E-state index in [1.165, 1.54) is 0 Å². The van der Waals surface area contributed by atoms with Crippen molar-refractivity contribution in [2.24, 2.45) is 18.0 Å². The van der Waals surface area contributed by atoms with Crippen LogP contribution in [0.3, 0.4) is 0 Å². The number of anilines is 1. The standard InChI is InChI=1S/C18H21N7O2S2/c1-25-14(5-15(24-25)27-8-11-6-26-7-11)16-21-12(9-28-16)13-10-29-18(22-13)23-17-19-3-2-4-20-17/h5,9-11H,2-4,6-8H2,1H3,(H2,19,20,22,23). The van der Waals surface area contributed by atoms with E-state index in [1.54, 1.807) is 27.4 Å². The maximum absolute atomic E-state index is 5.79. The molecule has 0 spiro atoms. The third-order valence-electron chi connectivity index (χ3n) is 4.64. The third kappa shape index (κ3) is 4.11. The summed E-state index contributed by atoms with van der Waals surface area (Å²) in [6.45, 7) is 3.94. The fraction of sp³-hybridized carbons (Fsp3) is 0.444. The van der Waals surface area contributed by atoms with E-state index in [-0.39, 0.29) is 0 Å². The van der Waals surface area contributed by atoms with Crippen molar-refractivity contribution in [1.82, 2.24) is 25.1 Å².